The van der Waals surface area contributed by atoms with Gasteiger partial charge in [0, 0.05) is 57.0 Å². The largest absolute Gasteiger partial charge is 0.462 e. The van der Waals surface area contributed by atoms with Crippen molar-refractivity contribution >= 4 is 11.7 Å². The molecule has 0 saturated carbocycles. The lowest BCUT2D eigenvalue weighted by Gasteiger charge is -2.33. The van der Waals surface area contributed by atoms with Crippen LogP contribution in [0.4, 0.5) is 4.39 Å². The van der Waals surface area contributed by atoms with Gasteiger partial charge < -0.3 is 10.1 Å². The number of ketones is 1. The van der Waals surface area contributed by atoms with E-state index in [0.717, 1.165) is 11.1 Å². The lowest BCUT2D eigenvalue weighted by atomic mass is 9.92. The van der Waals surface area contributed by atoms with Gasteiger partial charge in [0.2, 0.25) is 0 Å². The predicted octanol–water partition coefficient (Wildman–Crippen LogP) is 2.18. The van der Waals surface area contributed by atoms with E-state index in [1.54, 1.807) is 30.9 Å². The minimum Gasteiger partial charge on any atom is -0.462 e. The SMILES string of the molecule is CC1=CC(C)=C(CNC(=O)c2nc(OCCN3CC(F)C3)nc(-c3ccnn3C)c2C)C(=O)C1. The maximum atomic E-state index is 13.1. The fourth-order valence-corrected chi connectivity index (χ4v) is 4.17. The number of Topliss-reactive ketones (excluding diaryl/α,β-unsaturated/α-hetero) is 1. The maximum Gasteiger partial charge on any atom is 0.317 e. The number of nitrogens with zero attached hydrogens (tertiary/aromatic N) is 5. The number of hydrogen-bond acceptors (Lipinski definition) is 7. The number of rotatable bonds is 8. The summed E-state index contributed by atoms with van der Waals surface area (Å²) in [7, 11) is 1.79. The van der Waals surface area contributed by atoms with E-state index in [1.807, 2.05) is 24.8 Å². The van der Waals surface area contributed by atoms with Crippen molar-refractivity contribution in [2.75, 3.05) is 32.8 Å². The zero-order valence-electron chi connectivity index (χ0n) is 19.9. The number of carbonyl (C=O) groups is 2. The fourth-order valence-electron chi connectivity index (χ4n) is 4.17. The number of allylic oxidation sites excluding steroid dienone is 3. The van der Waals surface area contributed by atoms with Crippen LogP contribution in [0.25, 0.3) is 11.4 Å². The van der Waals surface area contributed by atoms with Crippen LogP contribution in [0, 0.1) is 6.92 Å². The summed E-state index contributed by atoms with van der Waals surface area (Å²) in [6, 6.07) is 1.86. The number of carbonyl (C=O) groups excluding carboxylic acids is 2. The Labute approximate surface area is 197 Å². The van der Waals surface area contributed by atoms with Gasteiger partial charge in [-0.2, -0.15) is 15.1 Å². The second-order valence-corrected chi connectivity index (χ2v) is 8.81. The Morgan fingerprint density at radius 1 is 1.26 bits per heavy atom. The van der Waals surface area contributed by atoms with E-state index in [2.05, 4.69) is 20.4 Å². The molecule has 10 heteroatoms. The minimum absolute atomic E-state index is 0.0123. The Hall–Kier alpha value is -3.40. The third-order valence-electron chi connectivity index (χ3n) is 6.10. The van der Waals surface area contributed by atoms with Gasteiger partial charge in [-0.15, -0.1) is 0 Å². The van der Waals surface area contributed by atoms with Crippen molar-refractivity contribution in [2.24, 2.45) is 7.05 Å². The van der Waals surface area contributed by atoms with Crippen molar-refractivity contribution in [3.63, 3.8) is 0 Å². The number of likely N-dealkylation sites (tertiary alicyclic amines) is 1. The second kappa shape index (κ2) is 9.84. The quantitative estimate of drug-likeness (QED) is 0.634. The molecule has 0 aromatic carbocycles. The van der Waals surface area contributed by atoms with Gasteiger partial charge in [-0.3, -0.25) is 19.2 Å². The van der Waals surface area contributed by atoms with Crippen LogP contribution in [0.3, 0.4) is 0 Å². The van der Waals surface area contributed by atoms with Crippen LogP contribution < -0.4 is 10.1 Å². The van der Waals surface area contributed by atoms with E-state index in [9.17, 15) is 14.0 Å². The number of halogens is 1. The molecule has 1 N–H and O–H groups in total. The highest BCUT2D eigenvalue weighted by Gasteiger charge is 2.26. The number of alkyl halides is 1. The number of aryl methyl sites for hydroxylation is 1. The Morgan fingerprint density at radius 2 is 2.03 bits per heavy atom. The summed E-state index contributed by atoms with van der Waals surface area (Å²) in [6.45, 7) is 7.28. The lowest BCUT2D eigenvalue weighted by Crippen LogP contribution is -2.49. The van der Waals surface area contributed by atoms with Gasteiger partial charge in [0.1, 0.15) is 18.5 Å². The average Bonchev–Trinajstić information content (AvgIpc) is 3.18. The zero-order chi connectivity index (χ0) is 24.4. The summed E-state index contributed by atoms with van der Waals surface area (Å²) < 4.78 is 20.4. The minimum atomic E-state index is -0.781. The maximum absolute atomic E-state index is 13.1. The topological polar surface area (TPSA) is 102 Å². The molecule has 180 valence electrons. The van der Waals surface area contributed by atoms with Crippen molar-refractivity contribution in [1.82, 2.24) is 30.0 Å². The van der Waals surface area contributed by atoms with Crippen molar-refractivity contribution in [1.29, 1.82) is 0 Å². The first-order valence-electron chi connectivity index (χ1n) is 11.3. The molecule has 1 saturated heterocycles. The van der Waals surface area contributed by atoms with Gasteiger partial charge in [-0.25, -0.2) is 4.39 Å². The van der Waals surface area contributed by atoms with E-state index < -0.39 is 12.1 Å². The van der Waals surface area contributed by atoms with Gasteiger partial charge in [0.05, 0.1) is 11.4 Å². The molecule has 0 atom stereocenters. The van der Waals surface area contributed by atoms with Gasteiger partial charge >= 0.3 is 6.01 Å². The molecule has 1 amide bonds. The predicted molar refractivity (Wildman–Crippen MR) is 124 cm³/mol. The molecule has 0 radical (unpaired) electrons. The molecular formula is C24H29FN6O3. The van der Waals surface area contributed by atoms with Gasteiger partial charge in [-0.1, -0.05) is 11.6 Å². The standard InChI is InChI=1S/C24H29FN6O3/c1-14-9-15(2)18(20(32)10-14)11-26-23(33)22-16(3)21(19-5-6-27-30(19)4)28-24(29-22)34-8-7-31-12-17(25)13-31/h5-6,9,17H,7-8,10-13H2,1-4H3,(H,26,33). The molecule has 2 aromatic rings. The summed E-state index contributed by atoms with van der Waals surface area (Å²) >= 11 is 0. The normalized spacial score (nSPS) is 17.0. The first kappa shape index (κ1) is 23.7. The molecule has 0 spiro atoms. The van der Waals surface area contributed by atoms with E-state index in [4.69, 9.17) is 4.74 Å². The van der Waals surface area contributed by atoms with Gasteiger partial charge in [-0.05, 0) is 32.4 Å². The number of amides is 1. The number of ether oxygens (including phenoxy) is 1. The summed E-state index contributed by atoms with van der Waals surface area (Å²) in [5.41, 5.74) is 4.44. The third kappa shape index (κ3) is 5.06. The van der Waals surface area contributed by atoms with Crippen LogP contribution >= 0.6 is 0 Å². The highest BCUT2D eigenvalue weighted by atomic mass is 19.1. The van der Waals surface area contributed by atoms with E-state index in [0.29, 0.717) is 48.6 Å². The van der Waals surface area contributed by atoms with Crippen LogP contribution in [0.5, 0.6) is 6.01 Å². The highest BCUT2D eigenvalue weighted by molar-refractivity contribution is 6.01. The second-order valence-electron chi connectivity index (χ2n) is 8.81. The Bertz CT molecular complexity index is 1180. The highest BCUT2D eigenvalue weighted by Crippen LogP contribution is 2.25. The van der Waals surface area contributed by atoms with Crippen molar-refractivity contribution in [3.8, 4) is 17.4 Å². The first-order chi connectivity index (χ1) is 16.2. The molecule has 4 rings (SSSR count). The van der Waals surface area contributed by atoms with Crippen molar-refractivity contribution in [3.05, 3.63) is 46.3 Å². The molecular weight excluding hydrogens is 439 g/mol. The summed E-state index contributed by atoms with van der Waals surface area (Å²) in [5, 5.41) is 7.03. The van der Waals surface area contributed by atoms with Crippen LogP contribution in [0.2, 0.25) is 0 Å². The molecule has 0 unspecified atom stereocenters. The molecule has 2 aromatic heterocycles. The monoisotopic (exact) mass is 468 g/mol. The Balaban J connectivity index is 1.56. The molecule has 1 fully saturated rings. The fraction of sp³-hybridized carbons (Fsp3) is 0.458. The molecule has 9 nitrogen and oxygen atoms in total. The average molecular weight is 469 g/mol. The third-order valence-corrected chi connectivity index (χ3v) is 6.10. The molecule has 0 bridgehead atoms. The molecule has 34 heavy (non-hydrogen) atoms. The van der Waals surface area contributed by atoms with E-state index >= 15 is 0 Å². The first-order valence-corrected chi connectivity index (χ1v) is 11.3. The van der Waals surface area contributed by atoms with Crippen LogP contribution in [-0.2, 0) is 11.8 Å². The molecule has 3 heterocycles. The number of nitrogens with one attached hydrogen (secondary N) is 1. The van der Waals surface area contributed by atoms with E-state index in [1.165, 1.54) is 0 Å². The zero-order valence-corrected chi connectivity index (χ0v) is 19.9. The summed E-state index contributed by atoms with van der Waals surface area (Å²) in [6.07, 6.45) is 3.19. The smallest absolute Gasteiger partial charge is 0.317 e. The molecule has 1 aliphatic carbocycles. The summed E-state index contributed by atoms with van der Waals surface area (Å²) in [4.78, 5) is 36.4. The van der Waals surface area contributed by atoms with Crippen molar-refractivity contribution < 1.29 is 18.7 Å². The lowest BCUT2D eigenvalue weighted by molar-refractivity contribution is -0.115. The van der Waals surface area contributed by atoms with Crippen LogP contribution in [0.15, 0.2) is 35.1 Å². The summed E-state index contributed by atoms with van der Waals surface area (Å²) in [5.74, 6) is -0.408. The Kier molecular flexibility index (Phi) is 6.87. The van der Waals surface area contributed by atoms with Gasteiger partial charge in [0.15, 0.2) is 5.78 Å². The Morgan fingerprint density at radius 3 is 2.68 bits per heavy atom. The number of hydrogen-bond donors (Lipinski definition) is 1. The van der Waals surface area contributed by atoms with E-state index in [-0.39, 0.29) is 30.6 Å². The van der Waals surface area contributed by atoms with Crippen molar-refractivity contribution in [2.45, 2.75) is 33.4 Å². The van der Waals surface area contributed by atoms with Gasteiger partial charge in [0.25, 0.3) is 5.91 Å². The van der Waals surface area contributed by atoms with Crippen LogP contribution in [-0.4, -0.2) is 75.3 Å². The number of aromatic nitrogens is 4. The molecule has 1 aliphatic heterocycles. The van der Waals surface area contributed by atoms with Crippen LogP contribution in [0.1, 0.15) is 36.3 Å². The molecule has 2 aliphatic rings.